The number of fused-ring (bicyclic) bond motifs is 2. The van der Waals surface area contributed by atoms with Crippen molar-refractivity contribution in [2.24, 2.45) is 0 Å². The second-order valence-electron chi connectivity index (χ2n) is 8.00. The van der Waals surface area contributed by atoms with Crippen LogP contribution in [0.1, 0.15) is 41.9 Å². The number of aromatic nitrogens is 1. The van der Waals surface area contributed by atoms with Crippen molar-refractivity contribution < 1.29 is 0 Å². The molecule has 3 heteroatoms. The number of hydrogen-bond donors (Lipinski definition) is 1. The van der Waals surface area contributed by atoms with Gasteiger partial charge in [0.05, 0.1) is 0 Å². The molecule has 2 aliphatic rings. The van der Waals surface area contributed by atoms with Crippen molar-refractivity contribution >= 4 is 16.6 Å². The van der Waals surface area contributed by atoms with E-state index >= 15 is 0 Å². The number of rotatable bonds is 2. The molecule has 1 saturated heterocycles. The number of hydrogen-bond acceptors (Lipinski definition) is 2. The fourth-order valence-corrected chi connectivity index (χ4v) is 4.75. The molecule has 1 unspecified atom stereocenters. The van der Waals surface area contributed by atoms with E-state index in [0.717, 1.165) is 13.1 Å². The van der Waals surface area contributed by atoms with Crippen LogP contribution in [0.4, 0.5) is 5.69 Å². The van der Waals surface area contributed by atoms with Gasteiger partial charge in [-0.25, -0.2) is 0 Å². The molecule has 0 bridgehead atoms. The second-order valence-corrected chi connectivity index (χ2v) is 8.00. The van der Waals surface area contributed by atoms with Crippen LogP contribution in [0, 0.1) is 0 Å². The molecule has 1 fully saturated rings. The van der Waals surface area contributed by atoms with Gasteiger partial charge < -0.3 is 14.8 Å². The third kappa shape index (κ3) is 2.80. The number of anilines is 1. The van der Waals surface area contributed by atoms with Crippen LogP contribution < -0.4 is 4.90 Å². The first kappa shape index (κ1) is 16.0. The highest BCUT2D eigenvalue weighted by Gasteiger charge is 2.26. The average molecular weight is 345 g/mol. The van der Waals surface area contributed by atoms with Gasteiger partial charge in [-0.3, -0.25) is 0 Å². The van der Waals surface area contributed by atoms with Crippen molar-refractivity contribution in [3.8, 4) is 0 Å². The van der Waals surface area contributed by atoms with E-state index in [1.807, 2.05) is 6.20 Å². The number of nitrogens with one attached hydrogen (secondary N) is 1. The van der Waals surface area contributed by atoms with Gasteiger partial charge in [-0.1, -0.05) is 18.2 Å². The maximum Gasteiger partial charge on any atom is 0.0456 e. The lowest BCUT2D eigenvalue weighted by Crippen LogP contribution is -2.32. The van der Waals surface area contributed by atoms with Gasteiger partial charge in [0, 0.05) is 49.5 Å². The molecule has 0 radical (unpaired) electrons. The van der Waals surface area contributed by atoms with E-state index in [4.69, 9.17) is 0 Å². The van der Waals surface area contributed by atoms with E-state index < -0.39 is 0 Å². The van der Waals surface area contributed by atoms with Crippen LogP contribution in [0.5, 0.6) is 0 Å². The predicted octanol–water partition coefficient (Wildman–Crippen LogP) is 4.74. The topological polar surface area (TPSA) is 22.3 Å². The maximum atomic E-state index is 3.37. The summed E-state index contributed by atoms with van der Waals surface area (Å²) in [6.45, 7) is 4.56. The molecule has 134 valence electrons. The Balaban J connectivity index is 1.52. The summed E-state index contributed by atoms with van der Waals surface area (Å²) in [6, 6.07) is 16.2. The molecule has 1 N–H and O–H groups in total. The van der Waals surface area contributed by atoms with E-state index in [9.17, 15) is 0 Å². The standard InChI is InChI=1S/C23H27N3/c1-25-15-19-13-20(26-11-3-2-4-12-26)7-8-21(19)22(16-25)18-6-5-17-9-10-24-23(17)14-18/h5-10,13-14,22,24H,2-4,11-12,15-16H2,1H3. The summed E-state index contributed by atoms with van der Waals surface area (Å²) in [5.41, 5.74) is 7.08. The fourth-order valence-electron chi connectivity index (χ4n) is 4.75. The summed E-state index contributed by atoms with van der Waals surface area (Å²) in [6.07, 6.45) is 6.07. The molecular weight excluding hydrogens is 318 g/mol. The molecule has 3 aromatic rings. The Hall–Kier alpha value is -2.26. The molecule has 5 rings (SSSR count). The third-order valence-electron chi connectivity index (χ3n) is 6.14. The molecule has 26 heavy (non-hydrogen) atoms. The highest BCUT2D eigenvalue weighted by atomic mass is 15.1. The Morgan fingerprint density at radius 2 is 1.85 bits per heavy atom. The van der Waals surface area contributed by atoms with E-state index in [1.165, 1.54) is 65.6 Å². The first-order valence-electron chi connectivity index (χ1n) is 9.91. The molecular formula is C23H27N3. The zero-order valence-corrected chi connectivity index (χ0v) is 15.5. The van der Waals surface area contributed by atoms with Gasteiger partial charge in [-0.05, 0) is 72.7 Å². The van der Waals surface area contributed by atoms with E-state index in [0.29, 0.717) is 5.92 Å². The van der Waals surface area contributed by atoms with Crippen LogP contribution in [0.15, 0.2) is 48.7 Å². The Kier molecular flexibility index (Phi) is 3.97. The van der Waals surface area contributed by atoms with Crippen LogP contribution in [-0.2, 0) is 6.54 Å². The highest BCUT2D eigenvalue weighted by molar-refractivity contribution is 5.80. The monoisotopic (exact) mass is 345 g/mol. The predicted molar refractivity (Wildman–Crippen MR) is 109 cm³/mol. The maximum absolute atomic E-state index is 3.37. The Bertz CT molecular complexity index is 920. The SMILES string of the molecule is CN1Cc2cc(N3CCCCC3)ccc2C(c2ccc3cc[nH]c3c2)C1. The van der Waals surface area contributed by atoms with Gasteiger partial charge >= 0.3 is 0 Å². The molecule has 3 heterocycles. The van der Waals surface area contributed by atoms with Gasteiger partial charge in [0.25, 0.3) is 0 Å². The molecule has 0 saturated carbocycles. The molecule has 1 aromatic heterocycles. The van der Waals surface area contributed by atoms with Crippen molar-refractivity contribution in [2.75, 3.05) is 31.6 Å². The highest BCUT2D eigenvalue weighted by Crippen LogP contribution is 2.36. The summed E-state index contributed by atoms with van der Waals surface area (Å²) < 4.78 is 0. The lowest BCUT2D eigenvalue weighted by Gasteiger charge is -2.35. The van der Waals surface area contributed by atoms with Crippen LogP contribution in [0.3, 0.4) is 0 Å². The summed E-state index contributed by atoms with van der Waals surface area (Å²) in [4.78, 5) is 8.40. The van der Waals surface area contributed by atoms with E-state index in [1.54, 1.807) is 0 Å². The number of benzene rings is 2. The lowest BCUT2D eigenvalue weighted by molar-refractivity contribution is 0.295. The largest absolute Gasteiger partial charge is 0.372 e. The average Bonchev–Trinajstić information content (AvgIpc) is 3.15. The number of piperidine rings is 1. The van der Waals surface area contributed by atoms with Crippen molar-refractivity contribution in [3.63, 3.8) is 0 Å². The van der Waals surface area contributed by atoms with Gasteiger partial charge in [0.1, 0.15) is 0 Å². The van der Waals surface area contributed by atoms with E-state index in [2.05, 4.69) is 64.3 Å². The van der Waals surface area contributed by atoms with Crippen molar-refractivity contribution in [1.82, 2.24) is 9.88 Å². The summed E-state index contributed by atoms with van der Waals surface area (Å²) >= 11 is 0. The molecule has 0 aliphatic carbocycles. The Morgan fingerprint density at radius 3 is 2.73 bits per heavy atom. The zero-order chi connectivity index (χ0) is 17.5. The van der Waals surface area contributed by atoms with Gasteiger partial charge in [-0.2, -0.15) is 0 Å². The lowest BCUT2D eigenvalue weighted by atomic mass is 9.84. The van der Waals surface area contributed by atoms with Gasteiger partial charge in [-0.15, -0.1) is 0 Å². The third-order valence-corrected chi connectivity index (χ3v) is 6.14. The molecule has 1 atom stereocenters. The van der Waals surface area contributed by atoms with Crippen LogP contribution in [0.25, 0.3) is 10.9 Å². The molecule has 3 nitrogen and oxygen atoms in total. The van der Waals surface area contributed by atoms with Crippen LogP contribution in [-0.4, -0.2) is 36.6 Å². The summed E-state index contributed by atoms with van der Waals surface area (Å²) in [5.74, 6) is 0.451. The number of H-pyrrole nitrogens is 1. The minimum absolute atomic E-state index is 0.451. The first-order chi connectivity index (χ1) is 12.8. The van der Waals surface area contributed by atoms with Crippen molar-refractivity contribution in [2.45, 2.75) is 31.7 Å². The smallest absolute Gasteiger partial charge is 0.0456 e. The quantitative estimate of drug-likeness (QED) is 0.725. The first-order valence-corrected chi connectivity index (χ1v) is 9.91. The minimum atomic E-state index is 0.451. The van der Waals surface area contributed by atoms with Crippen LogP contribution >= 0.6 is 0 Å². The van der Waals surface area contributed by atoms with Gasteiger partial charge in [0.2, 0.25) is 0 Å². The number of aromatic amines is 1. The Labute approximate surface area is 155 Å². The normalized spacial score (nSPS) is 21.1. The number of likely N-dealkylation sites (N-methyl/N-ethyl adjacent to an activating group) is 1. The zero-order valence-electron chi connectivity index (χ0n) is 15.5. The molecule has 0 amide bonds. The molecule has 2 aliphatic heterocycles. The fraction of sp³-hybridized carbons (Fsp3) is 0.391. The van der Waals surface area contributed by atoms with Crippen molar-refractivity contribution in [3.05, 3.63) is 65.4 Å². The summed E-state index contributed by atoms with van der Waals surface area (Å²) in [7, 11) is 2.25. The minimum Gasteiger partial charge on any atom is -0.372 e. The second kappa shape index (κ2) is 6.48. The Morgan fingerprint density at radius 1 is 0.962 bits per heavy atom. The molecule has 2 aromatic carbocycles. The molecule has 0 spiro atoms. The van der Waals surface area contributed by atoms with E-state index in [-0.39, 0.29) is 0 Å². The van der Waals surface area contributed by atoms with Crippen LogP contribution in [0.2, 0.25) is 0 Å². The number of nitrogens with zero attached hydrogens (tertiary/aromatic N) is 2. The summed E-state index contributed by atoms with van der Waals surface area (Å²) in [5, 5.41) is 1.29. The van der Waals surface area contributed by atoms with Gasteiger partial charge in [0.15, 0.2) is 0 Å². The van der Waals surface area contributed by atoms with Crippen molar-refractivity contribution in [1.29, 1.82) is 0 Å².